The zero-order valence-electron chi connectivity index (χ0n) is 8.45. The van der Waals surface area contributed by atoms with E-state index in [0.29, 0.717) is 17.4 Å². The number of aromatic nitrogens is 2. The number of hydrogen-bond donors (Lipinski definition) is 2. The van der Waals surface area contributed by atoms with Crippen LogP contribution in [-0.4, -0.2) is 9.78 Å². The van der Waals surface area contributed by atoms with Crippen molar-refractivity contribution >= 4 is 5.69 Å². The zero-order chi connectivity index (χ0) is 12.6. The number of nitrogens with one attached hydrogen (secondary N) is 1. The van der Waals surface area contributed by atoms with Gasteiger partial charge in [0.05, 0.1) is 5.69 Å². The maximum atomic E-state index is 12.4. The summed E-state index contributed by atoms with van der Waals surface area (Å²) < 4.78 is 37.9. The number of hydrogen-bond acceptors (Lipinski definition) is 2. The number of rotatable bonds is 1. The van der Waals surface area contributed by atoms with Crippen molar-refractivity contribution < 1.29 is 13.2 Å². The number of halogens is 3. The summed E-state index contributed by atoms with van der Waals surface area (Å²) in [7, 11) is 0. The summed E-state index contributed by atoms with van der Waals surface area (Å²) in [5.41, 5.74) is 4.33. The van der Waals surface area contributed by atoms with Crippen LogP contribution in [0.15, 0.2) is 35.1 Å². The van der Waals surface area contributed by atoms with Gasteiger partial charge in [0.1, 0.15) is 5.69 Å². The molecule has 0 aliphatic carbocycles. The van der Waals surface area contributed by atoms with Gasteiger partial charge < -0.3 is 5.73 Å². The molecule has 2 rings (SSSR count). The number of nitrogens with two attached hydrogens (primary N) is 1. The van der Waals surface area contributed by atoms with Crippen molar-refractivity contribution in [2.45, 2.75) is 6.18 Å². The van der Waals surface area contributed by atoms with E-state index in [0.717, 1.165) is 4.68 Å². The highest BCUT2D eigenvalue weighted by Crippen LogP contribution is 2.26. The number of nitrogens with zero attached hydrogens (tertiary/aromatic N) is 1. The van der Waals surface area contributed by atoms with Crippen molar-refractivity contribution in [1.82, 2.24) is 9.78 Å². The fraction of sp³-hybridized carbons (Fsp3) is 0.100. The second kappa shape index (κ2) is 3.69. The fourth-order valence-electron chi connectivity index (χ4n) is 1.36. The minimum absolute atomic E-state index is 0.291. The number of alkyl halides is 3. The predicted octanol–water partition coefficient (Wildman–Crippen LogP) is 1.77. The summed E-state index contributed by atoms with van der Waals surface area (Å²) in [6.07, 6.45) is -4.57. The Morgan fingerprint density at radius 1 is 1.18 bits per heavy atom. The smallest absolute Gasteiger partial charge is 0.399 e. The van der Waals surface area contributed by atoms with Gasteiger partial charge in [-0.15, -0.1) is 0 Å². The van der Waals surface area contributed by atoms with Crippen LogP contribution in [0.4, 0.5) is 18.9 Å². The molecule has 1 aromatic heterocycles. The molecule has 0 atom stereocenters. The minimum Gasteiger partial charge on any atom is -0.399 e. The lowest BCUT2D eigenvalue weighted by Gasteiger charge is -2.04. The predicted molar refractivity (Wildman–Crippen MR) is 55.8 cm³/mol. The Balaban J connectivity index is 2.50. The summed E-state index contributed by atoms with van der Waals surface area (Å²) in [4.78, 5) is 11.4. The molecular formula is C10H8F3N3O. The first kappa shape index (κ1) is 11.3. The summed E-state index contributed by atoms with van der Waals surface area (Å²) in [5.74, 6) is 0. The van der Waals surface area contributed by atoms with Gasteiger partial charge in [-0.05, 0) is 24.3 Å². The third-order valence-electron chi connectivity index (χ3n) is 2.18. The molecule has 0 saturated heterocycles. The Morgan fingerprint density at radius 2 is 1.76 bits per heavy atom. The molecule has 0 saturated carbocycles. The van der Waals surface area contributed by atoms with Gasteiger partial charge >= 0.3 is 6.18 Å². The fourth-order valence-corrected chi connectivity index (χ4v) is 1.36. The summed E-state index contributed by atoms with van der Waals surface area (Å²) in [5, 5.41) is 2.00. The number of benzene rings is 1. The lowest BCUT2D eigenvalue weighted by Crippen LogP contribution is -2.13. The summed E-state index contributed by atoms with van der Waals surface area (Å²) in [6.45, 7) is 0. The highest BCUT2D eigenvalue weighted by molar-refractivity contribution is 5.44. The standard InChI is InChI=1S/C10H8F3N3O/c11-10(12,13)8-5-9(17)16(15-8)7-3-1-6(14)2-4-7/h1-5,15H,14H2. The molecule has 1 heterocycles. The van der Waals surface area contributed by atoms with Gasteiger partial charge in [0.15, 0.2) is 0 Å². The van der Waals surface area contributed by atoms with Gasteiger partial charge in [-0.2, -0.15) is 13.2 Å². The lowest BCUT2D eigenvalue weighted by atomic mass is 10.3. The summed E-state index contributed by atoms with van der Waals surface area (Å²) in [6, 6.07) is 6.41. The number of nitrogen functional groups attached to an aromatic ring is 1. The molecular weight excluding hydrogens is 235 g/mol. The van der Waals surface area contributed by atoms with Crippen LogP contribution in [0.5, 0.6) is 0 Å². The average molecular weight is 243 g/mol. The van der Waals surface area contributed by atoms with Gasteiger partial charge in [0.2, 0.25) is 0 Å². The third-order valence-corrected chi connectivity index (χ3v) is 2.18. The average Bonchev–Trinajstić information content (AvgIpc) is 2.61. The monoisotopic (exact) mass is 243 g/mol. The largest absolute Gasteiger partial charge is 0.432 e. The van der Waals surface area contributed by atoms with Crippen molar-refractivity contribution in [3.8, 4) is 5.69 Å². The SMILES string of the molecule is Nc1ccc(-n2[nH]c(C(F)(F)F)cc2=O)cc1. The van der Waals surface area contributed by atoms with Crippen molar-refractivity contribution in [2.75, 3.05) is 5.73 Å². The topological polar surface area (TPSA) is 63.8 Å². The van der Waals surface area contributed by atoms with E-state index in [1.807, 2.05) is 5.10 Å². The molecule has 90 valence electrons. The first-order valence-corrected chi connectivity index (χ1v) is 4.63. The van der Waals surface area contributed by atoms with Gasteiger partial charge in [-0.25, -0.2) is 4.68 Å². The van der Waals surface area contributed by atoms with Crippen LogP contribution in [0.3, 0.4) is 0 Å². The molecule has 4 nitrogen and oxygen atoms in total. The van der Waals surface area contributed by atoms with Crippen molar-refractivity contribution in [2.24, 2.45) is 0 Å². The molecule has 0 unspecified atom stereocenters. The van der Waals surface area contributed by atoms with E-state index in [-0.39, 0.29) is 0 Å². The van der Waals surface area contributed by atoms with E-state index in [2.05, 4.69) is 0 Å². The van der Waals surface area contributed by atoms with Gasteiger partial charge in [-0.3, -0.25) is 9.89 Å². The Hall–Kier alpha value is -2.18. The Labute approximate surface area is 93.5 Å². The Bertz CT molecular complexity index is 580. The van der Waals surface area contributed by atoms with Gasteiger partial charge in [0, 0.05) is 11.8 Å². The van der Waals surface area contributed by atoms with E-state index in [9.17, 15) is 18.0 Å². The van der Waals surface area contributed by atoms with Crippen LogP contribution < -0.4 is 11.3 Å². The maximum absolute atomic E-state index is 12.4. The number of aromatic amines is 1. The molecule has 0 spiro atoms. The molecule has 3 N–H and O–H groups in total. The normalized spacial score (nSPS) is 11.7. The first-order chi connectivity index (χ1) is 7.88. The Kier molecular flexibility index (Phi) is 2.45. The third kappa shape index (κ3) is 2.17. The summed E-state index contributed by atoms with van der Waals surface area (Å²) >= 11 is 0. The van der Waals surface area contributed by atoms with Crippen LogP contribution in [0.25, 0.3) is 5.69 Å². The van der Waals surface area contributed by atoms with Crippen molar-refractivity contribution in [3.63, 3.8) is 0 Å². The van der Waals surface area contributed by atoms with Crippen LogP contribution >= 0.6 is 0 Å². The maximum Gasteiger partial charge on any atom is 0.432 e. The van der Waals surface area contributed by atoms with Crippen molar-refractivity contribution in [1.29, 1.82) is 0 Å². The Morgan fingerprint density at radius 3 is 2.24 bits per heavy atom. The minimum atomic E-state index is -4.57. The molecule has 0 amide bonds. The molecule has 0 radical (unpaired) electrons. The van der Waals surface area contributed by atoms with E-state index < -0.39 is 17.4 Å². The zero-order valence-corrected chi connectivity index (χ0v) is 8.45. The van der Waals surface area contributed by atoms with E-state index in [4.69, 9.17) is 5.73 Å². The molecule has 0 fully saturated rings. The van der Waals surface area contributed by atoms with E-state index in [1.54, 1.807) is 0 Å². The van der Waals surface area contributed by atoms with E-state index in [1.165, 1.54) is 24.3 Å². The van der Waals surface area contributed by atoms with E-state index >= 15 is 0 Å². The molecule has 7 heteroatoms. The second-order valence-electron chi connectivity index (χ2n) is 3.43. The molecule has 0 aliphatic rings. The van der Waals surface area contributed by atoms with Crippen LogP contribution in [0.1, 0.15) is 5.69 Å². The quantitative estimate of drug-likeness (QED) is 0.749. The van der Waals surface area contributed by atoms with Gasteiger partial charge in [0.25, 0.3) is 5.56 Å². The molecule has 0 bridgehead atoms. The number of anilines is 1. The van der Waals surface area contributed by atoms with Crippen LogP contribution in [0, 0.1) is 0 Å². The molecule has 0 aliphatic heterocycles. The highest BCUT2D eigenvalue weighted by atomic mass is 19.4. The first-order valence-electron chi connectivity index (χ1n) is 4.63. The van der Waals surface area contributed by atoms with Crippen LogP contribution in [0.2, 0.25) is 0 Å². The molecule has 1 aromatic carbocycles. The van der Waals surface area contributed by atoms with Gasteiger partial charge in [-0.1, -0.05) is 0 Å². The lowest BCUT2D eigenvalue weighted by molar-refractivity contribution is -0.141. The second-order valence-corrected chi connectivity index (χ2v) is 3.43. The molecule has 17 heavy (non-hydrogen) atoms. The van der Waals surface area contributed by atoms with Crippen molar-refractivity contribution in [3.05, 3.63) is 46.4 Å². The highest BCUT2D eigenvalue weighted by Gasteiger charge is 2.33. The molecule has 2 aromatic rings. The van der Waals surface area contributed by atoms with Crippen LogP contribution in [-0.2, 0) is 6.18 Å². The number of H-pyrrole nitrogens is 1.